The first-order chi connectivity index (χ1) is 3.63. The lowest BCUT2D eigenvalue weighted by Crippen LogP contribution is -2.42. The van der Waals surface area contributed by atoms with E-state index in [0.29, 0.717) is 4.99 Å². The summed E-state index contributed by atoms with van der Waals surface area (Å²) >= 11 is 4.53. The third-order valence-electron chi connectivity index (χ3n) is 0.362. The molecule has 0 bridgehead atoms. The van der Waals surface area contributed by atoms with Crippen LogP contribution in [0.1, 0.15) is 6.92 Å². The van der Waals surface area contributed by atoms with Gasteiger partial charge >= 0.3 is 6.03 Å². The van der Waals surface area contributed by atoms with Crippen LogP contribution in [0.25, 0.3) is 0 Å². The van der Waals surface area contributed by atoms with Gasteiger partial charge in [-0.25, -0.2) is 4.79 Å². The molecule has 0 rings (SSSR count). The van der Waals surface area contributed by atoms with Crippen LogP contribution in [0.3, 0.4) is 0 Å². The minimum atomic E-state index is -0.644. The Bertz CT molecular complexity index is 99.1. The zero-order valence-corrected chi connectivity index (χ0v) is 5.21. The van der Waals surface area contributed by atoms with Crippen molar-refractivity contribution in [2.24, 2.45) is 5.73 Å². The number of primary amides is 1. The lowest BCUT2D eigenvalue weighted by atomic mass is 10.8. The quantitative estimate of drug-likeness (QED) is 0.308. The summed E-state index contributed by atoms with van der Waals surface area (Å²) in [6, 6.07) is -0.644. The molecule has 0 unspecified atom stereocenters. The van der Waals surface area contributed by atoms with Crippen molar-refractivity contribution in [1.29, 1.82) is 0 Å². The van der Waals surface area contributed by atoms with Crippen molar-refractivity contribution in [3.63, 3.8) is 0 Å². The lowest BCUT2D eigenvalue weighted by molar-refractivity contribution is 0.247. The first-order valence-corrected chi connectivity index (χ1v) is 2.36. The van der Waals surface area contributed by atoms with Gasteiger partial charge in [0.1, 0.15) is 0 Å². The number of thiocarbonyl (C=S) groups is 1. The predicted octanol–water partition coefficient (Wildman–Crippen LogP) is -0.493. The Labute approximate surface area is 52.4 Å². The van der Waals surface area contributed by atoms with E-state index in [1.54, 1.807) is 6.92 Å². The molecule has 0 fully saturated rings. The van der Waals surface area contributed by atoms with Crippen LogP contribution in [0.5, 0.6) is 0 Å². The first kappa shape index (κ1) is 7.16. The standard InChI is InChI=1S/C3H7N3OS/c1-2(8)5-6-3(4)7/h1H3,(H,5,8)(H3,4,6,7). The van der Waals surface area contributed by atoms with Crippen molar-refractivity contribution in [2.75, 3.05) is 0 Å². The molecular weight excluding hydrogens is 126 g/mol. The van der Waals surface area contributed by atoms with Gasteiger partial charge in [-0.15, -0.1) is 0 Å². The fourth-order valence-electron chi connectivity index (χ4n) is 0.150. The van der Waals surface area contributed by atoms with Crippen LogP contribution in [0.15, 0.2) is 0 Å². The second kappa shape index (κ2) is 3.20. The van der Waals surface area contributed by atoms with Gasteiger partial charge < -0.3 is 5.73 Å². The molecule has 0 aliphatic carbocycles. The molecule has 0 spiro atoms. The fourth-order valence-corrected chi connectivity index (χ4v) is 0.201. The lowest BCUT2D eigenvalue weighted by Gasteiger charge is -2.00. The number of nitrogens with one attached hydrogen (secondary N) is 2. The summed E-state index contributed by atoms with van der Waals surface area (Å²) in [6.45, 7) is 1.63. The number of hydrogen-bond acceptors (Lipinski definition) is 2. The molecule has 0 aliphatic rings. The predicted molar refractivity (Wildman–Crippen MR) is 34.1 cm³/mol. The third kappa shape index (κ3) is 5.16. The Hall–Kier alpha value is -0.840. The SMILES string of the molecule is CC(=S)NNC(N)=O. The molecule has 4 nitrogen and oxygen atoms in total. The maximum absolute atomic E-state index is 9.89. The number of hydrogen-bond donors (Lipinski definition) is 3. The Morgan fingerprint density at radius 1 is 1.62 bits per heavy atom. The van der Waals surface area contributed by atoms with Crippen LogP contribution in [0, 0.1) is 0 Å². The van der Waals surface area contributed by atoms with E-state index in [9.17, 15) is 4.79 Å². The number of carbonyl (C=O) groups excluding carboxylic acids is 1. The summed E-state index contributed by atoms with van der Waals surface area (Å²) < 4.78 is 0. The van der Waals surface area contributed by atoms with Crippen molar-refractivity contribution in [3.05, 3.63) is 0 Å². The van der Waals surface area contributed by atoms with Crippen molar-refractivity contribution >= 4 is 23.2 Å². The molecule has 2 amide bonds. The summed E-state index contributed by atoms with van der Waals surface area (Å²) in [5, 5.41) is 0. The second-order valence-electron chi connectivity index (χ2n) is 1.17. The molecule has 0 aromatic heterocycles. The maximum Gasteiger partial charge on any atom is 0.330 e. The highest BCUT2D eigenvalue weighted by molar-refractivity contribution is 7.80. The van der Waals surface area contributed by atoms with Gasteiger partial charge in [0.25, 0.3) is 0 Å². The van der Waals surface area contributed by atoms with Gasteiger partial charge in [-0.1, -0.05) is 12.2 Å². The van der Waals surface area contributed by atoms with Crippen LogP contribution in [-0.4, -0.2) is 11.0 Å². The Morgan fingerprint density at radius 2 is 2.12 bits per heavy atom. The number of amides is 2. The van der Waals surface area contributed by atoms with E-state index >= 15 is 0 Å². The average molecular weight is 133 g/mol. The van der Waals surface area contributed by atoms with Crippen LogP contribution in [0.2, 0.25) is 0 Å². The van der Waals surface area contributed by atoms with Crippen LogP contribution < -0.4 is 16.6 Å². The Morgan fingerprint density at radius 3 is 2.25 bits per heavy atom. The minimum Gasteiger partial charge on any atom is -0.350 e. The zero-order chi connectivity index (χ0) is 6.57. The molecule has 0 aromatic carbocycles. The summed E-state index contributed by atoms with van der Waals surface area (Å²) in [4.78, 5) is 10.4. The monoisotopic (exact) mass is 133 g/mol. The van der Waals surface area contributed by atoms with E-state index in [4.69, 9.17) is 0 Å². The van der Waals surface area contributed by atoms with Gasteiger partial charge in [0.05, 0.1) is 4.99 Å². The molecule has 0 radical (unpaired) electrons. The number of urea groups is 1. The number of carbonyl (C=O) groups is 1. The molecule has 8 heavy (non-hydrogen) atoms. The highest BCUT2D eigenvalue weighted by Crippen LogP contribution is 1.59. The van der Waals surface area contributed by atoms with E-state index in [2.05, 4.69) is 28.8 Å². The molecule has 0 aromatic rings. The second-order valence-corrected chi connectivity index (χ2v) is 1.78. The van der Waals surface area contributed by atoms with Crippen LogP contribution in [0.4, 0.5) is 4.79 Å². The van der Waals surface area contributed by atoms with Crippen molar-refractivity contribution in [1.82, 2.24) is 10.9 Å². The number of hydrazine groups is 1. The van der Waals surface area contributed by atoms with Crippen molar-refractivity contribution in [2.45, 2.75) is 6.92 Å². The highest BCUT2D eigenvalue weighted by atomic mass is 32.1. The van der Waals surface area contributed by atoms with E-state index in [0.717, 1.165) is 0 Å². The average Bonchev–Trinajstić information content (AvgIpc) is 1.61. The minimum absolute atomic E-state index is 0.476. The van der Waals surface area contributed by atoms with Gasteiger partial charge in [-0.05, 0) is 6.92 Å². The molecule has 46 valence electrons. The van der Waals surface area contributed by atoms with E-state index in [-0.39, 0.29) is 0 Å². The highest BCUT2D eigenvalue weighted by Gasteiger charge is 1.86. The van der Waals surface area contributed by atoms with E-state index < -0.39 is 6.03 Å². The molecular formula is C3H7N3OS. The van der Waals surface area contributed by atoms with Gasteiger partial charge in [0, 0.05) is 0 Å². The summed E-state index contributed by atoms with van der Waals surface area (Å²) in [6.07, 6.45) is 0. The topological polar surface area (TPSA) is 67.2 Å². The summed E-state index contributed by atoms with van der Waals surface area (Å²) in [5.41, 5.74) is 9.11. The van der Waals surface area contributed by atoms with Gasteiger partial charge in [0.2, 0.25) is 0 Å². The summed E-state index contributed by atoms with van der Waals surface area (Å²) in [5.74, 6) is 0. The van der Waals surface area contributed by atoms with E-state index in [1.165, 1.54) is 0 Å². The molecule has 5 heteroatoms. The zero-order valence-electron chi connectivity index (χ0n) is 4.39. The molecule has 0 saturated heterocycles. The Kier molecular flexibility index (Phi) is 2.86. The maximum atomic E-state index is 9.89. The smallest absolute Gasteiger partial charge is 0.330 e. The molecule has 0 aliphatic heterocycles. The van der Waals surface area contributed by atoms with Crippen LogP contribution >= 0.6 is 12.2 Å². The molecule has 0 saturated carbocycles. The van der Waals surface area contributed by atoms with Gasteiger partial charge in [-0.3, -0.25) is 10.9 Å². The third-order valence-corrected chi connectivity index (χ3v) is 0.464. The number of nitrogens with two attached hydrogens (primary N) is 1. The van der Waals surface area contributed by atoms with Gasteiger partial charge in [-0.2, -0.15) is 0 Å². The summed E-state index contributed by atoms with van der Waals surface area (Å²) in [7, 11) is 0. The molecule has 0 heterocycles. The Balaban J connectivity index is 3.18. The molecule has 4 N–H and O–H groups in total. The van der Waals surface area contributed by atoms with E-state index in [1.807, 2.05) is 0 Å². The normalized spacial score (nSPS) is 7.62. The van der Waals surface area contributed by atoms with Crippen LogP contribution in [-0.2, 0) is 0 Å². The first-order valence-electron chi connectivity index (χ1n) is 1.95. The van der Waals surface area contributed by atoms with Crippen molar-refractivity contribution in [3.8, 4) is 0 Å². The fraction of sp³-hybridized carbons (Fsp3) is 0.333. The molecule has 0 atom stereocenters. The van der Waals surface area contributed by atoms with Gasteiger partial charge in [0.15, 0.2) is 0 Å². The number of rotatable bonds is 0. The van der Waals surface area contributed by atoms with Crippen molar-refractivity contribution < 1.29 is 4.79 Å². The largest absolute Gasteiger partial charge is 0.350 e.